The monoisotopic (exact) mass is 367 g/mol. The van der Waals surface area contributed by atoms with Crippen molar-refractivity contribution in [3.05, 3.63) is 42.0 Å². The Hall–Kier alpha value is -2.01. The molecule has 0 radical (unpaired) electrons. The van der Waals surface area contributed by atoms with Crippen LogP contribution in [0.15, 0.2) is 41.4 Å². The number of hydrogen-bond acceptors (Lipinski definition) is 3. The SMILES string of the molecule is CN=C(NCc1cccc(N2CC=CC2)c1)NC1CC2CCCC(C1)N2C. The second-order valence-electron chi connectivity index (χ2n) is 8.19. The maximum Gasteiger partial charge on any atom is 0.191 e. The molecule has 0 saturated carbocycles. The average Bonchev–Trinajstić information content (AvgIpc) is 3.21. The highest BCUT2D eigenvalue weighted by atomic mass is 15.2. The van der Waals surface area contributed by atoms with Gasteiger partial charge in [-0.05, 0) is 50.4 Å². The number of benzene rings is 1. The summed E-state index contributed by atoms with van der Waals surface area (Å²) in [6.45, 7) is 2.82. The molecule has 146 valence electrons. The molecule has 2 N–H and O–H groups in total. The summed E-state index contributed by atoms with van der Waals surface area (Å²) in [7, 11) is 4.18. The van der Waals surface area contributed by atoms with Gasteiger partial charge in [-0.25, -0.2) is 0 Å². The fourth-order valence-corrected chi connectivity index (χ4v) is 4.86. The van der Waals surface area contributed by atoms with Crippen molar-refractivity contribution in [3.63, 3.8) is 0 Å². The van der Waals surface area contributed by atoms with E-state index in [1.54, 1.807) is 0 Å². The van der Waals surface area contributed by atoms with E-state index in [2.05, 4.69) is 68.9 Å². The first-order valence-electron chi connectivity index (χ1n) is 10.4. The molecule has 5 heteroatoms. The smallest absolute Gasteiger partial charge is 0.191 e. The van der Waals surface area contributed by atoms with Gasteiger partial charge in [0.25, 0.3) is 0 Å². The number of fused-ring (bicyclic) bond motifs is 2. The van der Waals surface area contributed by atoms with Crippen molar-refractivity contribution in [2.45, 2.75) is 56.8 Å². The minimum absolute atomic E-state index is 0.532. The number of guanidine groups is 1. The Balaban J connectivity index is 1.31. The lowest BCUT2D eigenvalue weighted by Crippen LogP contribution is -2.56. The molecule has 2 unspecified atom stereocenters. The second kappa shape index (κ2) is 8.34. The highest BCUT2D eigenvalue weighted by molar-refractivity contribution is 5.80. The molecule has 5 nitrogen and oxygen atoms in total. The standard InChI is InChI=1S/C22H33N5/c1-23-22(25-18-14-19-8-6-9-20(15-18)26(19)2)24-16-17-7-5-10-21(13-17)27-11-3-4-12-27/h3-5,7,10,13,18-20H,6,8-9,11-12,14-16H2,1-2H3,(H2,23,24,25). The summed E-state index contributed by atoms with van der Waals surface area (Å²) in [5, 5.41) is 7.21. The lowest BCUT2D eigenvalue weighted by atomic mass is 9.82. The van der Waals surface area contributed by atoms with Crippen LogP contribution in [0.2, 0.25) is 0 Å². The molecule has 3 heterocycles. The van der Waals surface area contributed by atoms with Crippen LogP contribution in [0.25, 0.3) is 0 Å². The van der Waals surface area contributed by atoms with Crippen molar-refractivity contribution in [3.8, 4) is 0 Å². The summed E-state index contributed by atoms with van der Waals surface area (Å²) in [6, 6.07) is 10.8. The third-order valence-corrected chi connectivity index (χ3v) is 6.46. The predicted molar refractivity (Wildman–Crippen MR) is 113 cm³/mol. The average molecular weight is 368 g/mol. The van der Waals surface area contributed by atoms with Crippen LogP contribution in [-0.2, 0) is 6.54 Å². The van der Waals surface area contributed by atoms with Gasteiger partial charge in [-0.3, -0.25) is 4.99 Å². The van der Waals surface area contributed by atoms with Crippen molar-refractivity contribution in [1.82, 2.24) is 15.5 Å². The highest BCUT2D eigenvalue weighted by Gasteiger charge is 2.36. The minimum Gasteiger partial charge on any atom is -0.364 e. The Morgan fingerprint density at radius 1 is 1.15 bits per heavy atom. The van der Waals surface area contributed by atoms with Crippen LogP contribution in [0.5, 0.6) is 0 Å². The Labute approximate surface area is 163 Å². The number of hydrogen-bond donors (Lipinski definition) is 2. The molecular formula is C22H33N5. The Morgan fingerprint density at radius 2 is 1.89 bits per heavy atom. The molecule has 2 fully saturated rings. The second-order valence-corrected chi connectivity index (χ2v) is 8.19. The van der Waals surface area contributed by atoms with E-state index >= 15 is 0 Å². The molecule has 0 amide bonds. The van der Waals surface area contributed by atoms with Gasteiger partial charge in [0.1, 0.15) is 0 Å². The van der Waals surface area contributed by atoms with E-state index < -0.39 is 0 Å². The van der Waals surface area contributed by atoms with Gasteiger partial charge >= 0.3 is 0 Å². The maximum absolute atomic E-state index is 4.47. The summed E-state index contributed by atoms with van der Waals surface area (Å²) >= 11 is 0. The molecule has 1 aromatic carbocycles. The number of nitrogens with zero attached hydrogens (tertiary/aromatic N) is 3. The van der Waals surface area contributed by atoms with Gasteiger partial charge < -0.3 is 20.4 Å². The predicted octanol–water partition coefficient (Wildman–Crippen LogP) is 2.74. The molecule has 0 aliphatic carbocycles. The summed E-state index contributed by atoms with van der Waals surface area (Å²) in [5.74, 6) is 0.927. The zero-order chi connectivity index (χ0) is 18.6. The van der Waals surface area contributed by atoms with Gasteiger partial charge in [0, 0.05) is 50.5 Å². The molecule has 0 aromatic heterocycles. The summed E-state index contributed by atoms with van der Waals surface area (Å²) < 4.78 is 0. The van der Waals surface area contributed by atoms with Gasteiger partial charge in [0.05, 0.1) is 0 Å². The Morgan fingerprint density at radius 3 is 2.59 bits per heavy atom. The molecule has 2 saturated heterocycles. The fraction of sp³-hybridized carbons (Fsp3) is 0.591. The summed E-state index contributed by atoms with van der Waals surface area (Å²) in [6.07, 6.45) is 11.0. The van der Waals surface area contributed by atoms with E-state index in [0.717, 1.165) is 37.7 Å². The first kappa shape index (κ1) is 18.4. The third-order valence-electron chi connectivity index (χ3n) is 6.46. The van der Waals surface area contributed by atoms with E-state index in [0.29, 0.717) is 6.04 Å². The first-order valence-corrected chi connectivity index (χ1v) is 10.4. The lowest BCUT2D eigenvalue weighted by molar-refractivity contribution is 0.0526. The molecule has 4 rings (SSSR count). The number of rotatable bonds is 4. The number of piperidine rings is 2. The van der Waals surface area contributed by atoms with Gasteiger partial charge in [-0.2, -0.15) is 0 Å². The van der Waals surface area contributed by atoms with Gasteiger partial charge in [-0.1, -0.05) is 30.7 Å². The maximum atomic E-state index is 4.47. The van der Waals surface area contributed by atoms with Crippen molar-refractivity contribution in [2.75, 3.05) is 32.1 Å². The summed E-state index contributed by atoms with van der Waals surface area (Å²) in [5.41, 5.74) is 2.59. The van der Waals surface area contributed by atoms with Crippen molar-refractivity contribution in [1.29, 1.82) is 0 Å². The van der Waals surface area contributed by atoms with Crippen LogP contribution < -0.4 is 15.5 Å². The Bertz CT molecular complexity index is 676. The highest BCUT2D eigenvalue weighted by Crippen LogP contribution is 2.32. The van der Waals surface area contributed by atoms with E-state index in [4.69, 9.17) is 0 Å². The molecule has 0 spiro atoms. The normalized spacial score (nSPS) is 28.4. The Kier molecular flexibility index (Phi) is 5.67. The zero-order valence-corrected chi connectivity index (χ0v) is 16.7. The fourth-order valence-electron chi connectivity index (χ4n) is 4.86. The van der Waals surface area contributed by atoms with Crippen LogP contribution in [0.3, 0.4) is 0 Å². The number of nitrogens with one attached hydrogen (secondary N) is 2. The van der Waals surface area contributed by atoms with Crippen molar-refractivity contribution >= 4 is 11.6 Å². The van der Waals surface area contributed by atoms with E-state index in [-0.39, 0.29) is 0 Å². The van der Waals surface area contributed by atoms with Crippen LogP contribution in [0.4, 0.5) is 5.69 Å². The zero-order valence-electron chi connectivity index (χ0n) is 16.7. The molecule has 3 aliphatic heterocycles. The largest absolute Gasteiger partial charge is 0.364 e. The topological polar surface area (TPSA) is 42.9 Å². The van der Waals surface area contributed by atoms with Gasteiger partial charge in [0.15, 0.2) is 5.96 Å². The molecule has 27 heavy (non-hydrogen) atoms. The first-order chi connectivity index (χ1) is 13.2. The van der Waals surface area contributed by atoms with Crippen LogP contribution in [-0.4, -0.2) is 56.2 Å². The third kappa shape index (κ3) is 4.29. The molecule has 2 bridgehead atoms. The minimum atomic E-state index is 0.532. The van der Waals surface area contributed by atoms with Gasteiger partial charge in [-0.15, -0.1) is 0 Å². The van der Waals surface area contributed by atoms with Crippen LogP contribution in [0.1, 0.15) is 37.7 Å². The number of aliphatic imine (C=N–C) groups is 1. The van der Waals surface area contributed by atoms with Crippen molar-refractivity contribution in [2.24, 2.45) is 4.99 Å². The molecule has 1 aromatic rings. The summed E-state index contributed by atoms with van der Waals surface area (Å²) in [4.78, 5) is 9.46. The van der Waals surface area contributed by atoms with E-state index in [1.807, 2.05) is 7.05 Å². The lowest BCUT2D eigenvalue weighted by Gasteiger charge is -2.47. The van der Waals surface area contributed by atoms with Gasteiger partial charge in [0.2, 0.25) is 0 Å². The number of anilines is 1. The van der Waals surface area contributed by atoms with E-state index in [1.165, 1.54) is 43.4 Å². The van der Waals surface area contributed by atoms with Crippen LogP contribution >= 0.6 is 0 Å². The van der Waals surface area contributed by atoms with Crippen LogP contribution in [0, 0.1) is 0 Å². The molecule has 3 aliphatic rings. The van der Waals surface area contributed by atoms with Crippen molar-refractivity contribution < 1.29 is 0 Å². The molecule has 2 atom stereocenters. The van der Waals surface area contributed by atoms with E-state index in [9.17, 15) is 0 Å². The molecular weight excluding hydrogens is 334 g/mol. The quantitative estimate of drug-likeness (QED) is 0.488.